The van der Waals surface area contributed by atoms with E-state index in [0.717, 1.165) is 11.1 Å². The van der Waals surface area contributed by atoms with E-state index in [1.807, 2.05) is 29.6 Å². The lowest BCUT2D eigenvalue weighted by atomic mass is 10.0. The molecule has 2 aliphatic rings. The van der Waals surface area contributed by atoms with E-state index in [1.165, 1.54) is 4.90 Å². The van der Waals surface area contributed by atoms with Crippen LogP contribution in [0.5, 0.6) is 0 Å². The molecule has 0 radical (unpaired) electrons. The quantitative estimate of drug-likeness (QED) is 0.846. The molecular weight excluding hydrogens is 350 g/mol. The molecule has 0 spiro atoms. The number of rotatable bonds is 3. The molecule has 2 fully saturated rings. The summed E-state index contributed by atoms with van der Waals surface area (Å²) in [6, 6.07) is 9.28. The molecule has 0 aliphatic carbocycles. The van der Waals surface area contributed by atoms with Crippen molar-refractivity contribution in [1.82, 2.24) is 15.1 Å². The van der Waals surface area contributed by atoms with Gasteiger partial charge in [-0.15, -0.1) is 0 Å². The summed E-state index contributed by atoms with van der Waals surface area (Å²) in [4.78, 5) is 39.4. The Kier molecular flexibility index (Phi) is 4.46. The average molecular weight is 369 g/mol. The van der Waals surface area contributed by atoms with Gasteiger partial charge >= 0.3 is 6.03 Å². The topological polar surface area (TPSA) is 69.7 Å². The van der Waals surface area contributed by atoms with Crippen LogP contribution in [-0.4, -0.2) is 53.3 Å². The predicted molar refractivity (Wildman–Crippen MR) is 98.9 cm³/mol. The maximum absolute atomic E-state index is 12.7. The molecule has 0 saturated carbocycles. The largest absolute Gasteiger partial charge is 0.338 e. The number of piperidine rings is 1. The van der Waals surface area contributed by atoms with E-state index in [2.05, 4.69) is 16.8 Å². The number of likely N-dealkylation sites (tertiary alicyclic amines) is 1. The molecule has 0 unspecified atom stereocenters. The van der Waals surface area contributed by atoms with Crippen molar-refractivity contribution in [2.24, 2.45) is 0 Å². The van der Waals surface area contributed by atoms with Crippen LogP contribution in [0.4, 0.5) is 4.79 Å². The lowest BCUT2D eigenvalue weighted by molar-refractivity contribution is -0.127. The Hall–Kier alpha value is -2.67. The standard InChI is InChI=1S/C19H19N3O3S/c23-17-11-20-19(25)22(17)16-5-8-21(9-6-16)18(24)14-3-1-13(2-4-14)15-7-10-26-12-15/h1-4,7,10,12,16H,5-6,8-9,11H2,(H,20,25). The molecule has 0 atom stereocenters. The molecule has 2 aliphatic heterocycles. The lowest BCUT2D eigenvalue weighted by Gasteiger charge is -2.35. The Balaban J connectivity index is 1.39. The summed E-state index contributed by atoms with van der Waals surface area (Å²) in [6.07, 6.45) is 1.25. The number of urea groups is 1. The molecule has 2 saturated heterocycles. The number of hydrogen-bond donors (Lipinski definition) is 1. The Morgan fingerprint density at radius 2 is 1.77 bits per heavy atom. The van der Waals surface area contributed by atoms with E-state index in [4.69, 9.17) is 0 Å². The zero-order valence-corrected chi connectivity index (χ0v) is 15.0. The molecule has 3 heterocycles. The molecule has 6 nitrogen and oxygen atoms in total. The fraction of sp³-hybridized carbons (Fsp3) is 0.316. The zero-order valence-electron chi connectivity index (χ0n) is 14.2. The number of hydrogen-bond acceptors (Lipinski definition) is 4. The summed E-state index contributed by atoms with van der Waals surface area (Å²) in [5, 5.41) is 6.66. The maximum atomic E-state index is 12.7. The van der Waals surface area contributed by atoms with Gasteiger partial charge in [0.25, 0.3) is 5.91 Å². The minimum atomic E-state index is -0.316. The molecular formula is C19H19N3O3S. The highest BCUT2D eigenvalue weighted by Crippen LogP contribution is 2.24. The van der Waals surface area contributed by atoms with Gasteiger partial charge in [0.1, 0.15) is 0 Å². The Labute approximate surface area is 155 Å². The number of imide groups is 1. The lowest BCUT2D eigenvalue weighted by Crippen LogP contribution is -2.49. The van der Waals surface area contributed by atoms with Crippen LogP contribution >= 0.6 is 11.3 Å². The predicted octanol–water partition coefficient (Wildman–Crippen LogP) is 2.57. The molecule has 26 heavy (non-hydrogen) atoms. The Bertz CT molecular complexity index is 808. The van der Waals surface area contributed by atoms with Gasteiger partial charge in [-0.25, -0.2) is 4.79 Å². The second kappa shape index (κ2) is 6.92. The van der Waals surface area contributed by atoms with Crippen molar-refractivity contribution >= 4 is 29.2 Å². The number of thiophene rings is 1. The van der Waals surface area contributed by atoms with E-state index in [9.17, 15) is 14.4 Å². The summed E-state index contributed by atoms with van der Waals surface area (Å²) in [6.45, 7) is 1.17. The molecule has 1 aromatic carbocycles. The van der Waals surface area contributed by atoms with Crippen molar-refractivity contribution in [3.8, 4) is 11.1 Å². The second-order valence-electron chi connectivity index (χ2n) is 6.54. The summed E-state index contributed by atoms with van der Waals surface area (Å²) in [5.41, 5.74) is 2.92. The highest BCUT2D eigenvalue weighted by atomic mass is 32.1. The molecule has 4 rings (SSSR count). The average Bonchev–Trinajstić information content (AvgIpc) is 3.32. The van der Waals surface area contributed by atoms with Gasteiger partial charge in [0.15, 0.2) is 0 Å². The fourth-order valence-electron chi connectivity index (χ4n) is 3.55. The zero-order chi connectivity index (χ0) is 18.1. The number of benzene rings is 1. The Morgan fingerprint density at radius 1 is 1.04 bits per heavy atom. The molecule has 7 heteroatoms. The van der Waals surface area contributed by atoms with Crippen molar-refractivity contribution < 1.29 is 14.4 Å². The summed E-state index contributed by atoms with van der Waals surface area (Å²) < 4.78 is 0. The first kappa shape index (κ1) is 16.8. The van der Waals surface area contributed by atoms with Crippen LogP contribution in [0.3, 0.4) is 0 Å². The molecule has 1 aromatic heterocycles. The van der Waals surface area contributed by atoms with Crippen molar-refractivity contribution in [2.75, 3.05) is 19.6 Å². The van der Waals surface area contributed by atoms with Gasteiger partial charge in [-0.1, -0.05) is 12.1 Å². The fourth-order valence-corrected chi connectivity index (χ4v) is 4.21. The minimum Gasteiger partial charge on any atom is -0.338 e. The van der Waals surface area contributed by atoms with Gasteiger partial charge in [0.05, 0.1) is 6.54 Å². The monoisotopic (exact) mass is 369 g/mol. The summed E-state index contributed by atoms with van der Waals surface area (Å²) in [5.74, 6) is -0.179. The van der Waals surface area contributed by atoms with Crippen LogP contribution in [0.1, 0.15) is 23.2 Å². The number of nitrogens with zero attached hydrogens (tertiary/aromatic N) is 2. The van der Waals surface area contributed by atoms with Crippen LogP contribution in [0.15, 0.2) is 41.1 Å². The van der Waals surface area contributed by atoms with Gasteiger partial charge in [-0.3, -0.25) is 14.5 Å². The van der Waals surface area contributed by atoms with E-state index in [1.54, 1.807) is 16.2 Å². The number of amides is 4. The molecule has 134 valence electrons. The number of carbonyl (C=O) groups excluding carboxylic acids is 3. The van der Waals surface area contributed by atoms with Gasteiger partial charge in [0, 0.05) is 24.7 Å². The molecule has 2 aromatic rings. The highest BCUT2D eigenvalue weighted by molar-refractivity contribution is 7.08. The number of carbonyl (C=O) groups is 3. The van der Waals surface area contributed by atoms with E-state index in [-0.39, 0.29) is 30.4 Å². The van der Waals surface area contributed by atoms with E-state index < -0.39 is 0 Å². The highest BCUT2D eigenvalue weighted by Gasteiger charge is 2.37. The second-order valence-corrected chi connectivity index (χ2v) is 7.32. The van der Waals surface area contributed by atoms with Crippen LogP contribution in [0.2, 0.25) is 0 Å². The SMILES string of the molecule is O=C(c1ccc(-c2ccsc2)cc1)N1CCC(N2C(=O)CNC2=O)CC1. The van der Waals surface area contributed by atoms with Crippen molar-refractivity contribution in [2.45, 2.75) is 18.9 Å². The normalized spacial score (nSPS) is 18.3. The summed E-state index contributed by atoms with van der Waals surface area (Å²) in [7, 11) is 0. The van der Waals surface area contributed by atoms with Crippen LogP contribution in [0, 0.1) is 0 Å². The third-order valence-electron chi connectivity index (χ3n) is 4.98. The van der Waals surface area contributed by atoms with Crippen molar-refractivity contribution in [3.63, 3.8) is 0 Å². The molecule has 1 N–H and O–H groups in total. The van der Waals surface area contributed by atoms with Crippen LogP contribution < -0.4 is 5.32 Å². The van der Waals surface area contributed by atoms with Crippen LogP contribution in [0.25, 0.3) is 11.1 Å². The minimum absolute atomic E-state index is 0.00230. The molecule has 4 amide bonds. The van der Waals surface area contributed by atoms with E-state index >= 15 is 0 Å². The van der Waals surface area contributed by atoms with E-state index in [0.29, 0.717) is 31.5 Å². The van der Waals surface area contributed by atoms with Gasteiger partial charge in [-0.05, 0) is 52.9 Å². The maximum Gasteiger partial charge on any atom is 0.324 e. The first-order valence-electron chi connectivity index (χ1n) is 8.65. The van der Waals surface area contributed by atoms with Gasteiger partial charge < -0.3 is 10.2 Å². The first-order chi connectivity index (χ1) is 12.6. The molecule has 0 bridgehead atoms. The van der Waals surface area contributed by atoms with Gasteiger partial charge in [-0.2, -0.15) is 11.3 Å². The summed E-state index contributed by atoms with van der Waals surface area (Å²) >= 11 is 1.65. The van der Waals surface area contributed by atoms with Crippen molar-refractivity contribution in [1.29, 1.82) is 0 Å². The van der Waals surface area contributed by atoms with Gasteiger partial charge in [0.2, 0.25) is 5.91 Å². The number of nitrogens with one attached hydrogen (secondary N) is 1. The van der Waals surface area contributed by atoms with Crippen LogP contribution in [-0.2, 0) is 4.79 Å². The van der Waals surface area contributed by atoms with Crippen molar-refractivity contribution in [3.05, 3.63) is 46.7 Å². The first-order valence-corrected chi connectivity index (χ1v) is 9.59. The Morgan fingerprint density at radius 3 is 2.35 bits per heavy atom. The third kappa shape index (κ3) is 3.10. The third-order valence-corrected chi connectivity index (χ3v) is 5.66. The smallest absolute Gasteiger partial charge is 0.324 e.